The first kappa shape index (κ1) is 17.5. The lowest BCUT2D eigenvalue weighted by Crippen LogP contribution is -2.60. The predicted molar refractivity (Wildman–Crippen MR) is 93.3 cm³/mol. The van der Waals surface area contributed by atoms with Crippen molar-refractivity contribution in [3.8, 4) is 0 Å². The Hall–Kier alpha value is -1.36. The molecule has 1 heterocycles. The van der Waals surface area contributed by atoms with Gasteiger partial charge in [-0.25, -0.2) is 4.98 Å². The normalized spacial score (nSPS) is 32.3. The van der Waals surface area contributed by atoms with Crippen LogP contribution in [0.1, 0.15) is 76.3 Å². The number of fused-ring (bicyclic) bond motifs is 2. The van der Waals surface area contributed by atoms with Crippen LogP contribution in [0.4, 0.5) is 0 Å². The maximum Gasteiger partial charge on any atom is 0.273 e. The molecule has 5 nitrogen and oxygen atoms in total. The van der Waals surface area contributed by atoms with Crippen molar-refractivity contribution in [2.75, 3.05) is 0 Å². The van der Waals surface area contributed by atoms with Crippen LogP contribution in [0.2, 0.25) is 0 Å². The molecule has 3 fully saturated rings. The molecule has 4 rings (SSSR count). The van der Waals surface area contributed by atoms with Gasteiger partial charge in [0.15, 0.2) is 5.69 Å². The van der Waals surface area contributed by atoms with Gasteiger partial charge in [-0.2, -0.15) is 0 Å². The molecule has 1 aromatic rings. The zero-order valence-electron chi connectivity index (χ0n) is 15.5. The van der Waals surface area contributed by atoms with Crippen LogP contribution < -0.4 is 11.1 Å². The van der Waals surface area contributed by atoms with Crippen LogP contribution in [0, 0.1) is 29.1 Å². The number of rotatable bonds is 5. The number of aromatic nitrogens is 1. The average Bonchev–Trinajstić information content (AvgIpc) is 2.98. The largest absolute Gasteiger partial charge is 0.446 e. The molecule has 1 aromatic heterocycles. The van der Waals surface area contributed by atoms with E-state index in [1.165, 1.54) is 12.7 Å². The van der Waals surface area contributed by atoms with Gasteiger partial charge in [0.25, 0.3) is 5.91 Å². The van der Waals surface area contributed by atoms with Crippen LogP contribution in [0.5, 0.6) is 0 Å². The first-order valence-electron chi connectivity index (χ1n) is 9.22. The smallest absolute Gasteiger partial charge is 0.273 e. The van der Waals surface area contributed by atoms with E-state index in [4.69, 9.17) is 10.2 Å². The molecular weight excluding hydrogens is 302 g/mol. The Morgan fingerprint density at radius 1 is 1.46 bits per heavy atom. The summed E-state index contributed by atoms with van der Waals surface area (Å²) in [4.78, 5) is 16.8. The first-order chi connectivity index (χ1) is 11.2. The van der Waals surface area contributed by atoms with Gasteiger partial charge in [-0.3, -0.25) is 4.79 Å². The van der Waals surface area contributed by atoms with Crippen LogP contribution in [-0.2, 0) is 0 Å². The number of nitrogens with one attached hydrogen (secondary N) is 1. The van der Waals surface area contributed by atoms with Crippen LogP contribution in [-0.4, -0.2) is 16.9 Å². The third kappa shape index (κ3) is 2.99. The third-order valence-electron chi connectivity index (χ3n) is 6.47. The Morgan fingerprint density at radius 2 is 2.17 bits per heavy atom. The summed E-state index contributed by atoms with van der Waals surface area (Å²) in [5.74, 6) is 2.70. The molecule has 3 aliphatic carbocycles. The van der Waals surface area contributed by atoms with Crippen LogP contribution in [0.15, 0.2) is 10.7 Å². The summed E-state index contributed by atoms with van der Waals surface area (Å²) in [5.41, 5.74) is 6.85. The summed E-state index contributed by atoms with van der Waals surface area (Å²) in [5, 5.41) is 3.17. The summed E-state index contributed by atoms with van der Waals surface area (Å²) in [6.07, 6.45) is 4.59. The van der Waals surface area contributed by atoms with E-state index in [9.17, 15) is 4.79 Å². The molecule has 0 spiro atoms. The molecule has 0 aromatic carbocycles. The van der Waals surface area contributed by atoms with E-state index < -0.39 is 0 Å². The molecule has 134 valence electrons. The van der Waals surface area contributed by atoms with E-state index in [1.54, 1.807) is 0 Å². The summed E-state index contributed by atoms with van der Waals surface area (Å²) in [6.45, 7) is 11.2. The summed E-state index contributed by atoms with van der Waals surface area (Å²) >= 11 is 0. The Morgan fingerprint density at radius 3 is 2.75 bits per heavy atom. The first-order valence-corrected chi connectivity index (χ1v) is 9.22. The fourth-order valence-electron chi connectivity index (χ4n) is 4.75. The SMILES string of the molecule is CC(C)CC(N)c1nc(C(=O)NC2CC3CC(C2C)C3(C)C)co1. The van der Waals surface area contributed by atoms with Gasteiger partial charge in [-0.05, 0) is 48.3 Å². The van der Waals surface area contributed by atoms with E-state index in [-0.39, 0.29) is 18.0 Å². The highest BCUT2D eigenvalue weighted by molar-refractivity contribution is 5.92. The van der Waals surface area contributed by atoms with Gasteiger partial charge < -0.3 is 15.5 Å². The Kier molecular flexibility index (Phi) is 4.49. The molecule has 0 aliphatic heterocycles. The van der Waals surface area contributed by atoms with Gasteiger partial charge in [0, 0.05) is 6.04 Å². The van der Waals surface area contributed by atoms with Crippen molar-refractivity contribution in [3.05, 3.63) is 17.8 Å². The highest BCUT2D eigenvalue weighted by Gasteiger charge is 2.56. The average molecular weight is 333 g/mol. The zero-order valence-corrected chi connectivity index (χ0v) is 15.5. The number of oxazole rings is 1. The van der Waals surface area contributed by atoms with E-state index in [0.29, 0.717) is 34.8 Å². The zero-order chi connectivity index (χ0) is 17.6. The summed E-state index contributed by atoms with van der Waals surface area (Å²) in [7, 11) is 0. The van der Waals surface area contributed by atoms with Crippen molar-refractivity contribution < 1.29 is 9.21 Å². The Labute approximate surface area is 144 Å². The number of carbonyl (C=O) groups excluding carboxylic acids is 1. The molecule has 0 radical (unpaired) electrons. The van der Waals surface area contributed by atoms with Crippen LogP contribution in [0.25, 0.3) is 0 Å². The molecule has 5 atom stereocenters. The monoisotopic (exact) mass is 333 g/mol. The summed E-state index contributed by atoms with van der Waals surface area (Å²) in [6, 6.07) is -0.0210. The van der Waals surface area contributed by atoms with Crippen molar-refractivity contribution in [1.29, 1.82) is 0 Å². The van der Waals surface area contributed by atoms with Crippen LogP contribution in [0.3, 0.4) is 0 Å². The minimum atomic E-state index is -0.256. The second-order valence-corrected chi connectivity index (χ2v) is 8.84. The number of nitrogens with zero attached hydrogens (tertiary/aromatic N) is 1. The second kappa shape index (κ2) is 6.17. The van der Waals surface area contributed by atoms with E-state index in [2.05, 4.69) is 44.9 Å². The molecule has 0 saturated heterocycles. The number of nitrogens with two attached hydrogens (primary N) is 1. The molecule has 5 heteroatoms. The quantitative estimate of drug-likeness (QED) is 0.864. The standard InChI is InChI=1S/C19H31N3O2/c1-10(2)6-14(20)18-22-16(9-24-18)17(23)21-15-8-12-7-13(11(15)3)19(12,4)5/h9-15H,6-8,20H2,1-5H3,(H,21,23). The van der Waals surface area contributed by atoms with Crippen molar-refractivity contribution in [3.63, 3.8) is 0 Å². The summed E-state index contributed by atoms with van der Waals surface area (Å²) < 4.78 is 5.43. The molecule has 5 unspecified atom stereocenters. The molecular formula is C19H31N3O2. The van der Waals surface area contributed by atoms with Gasteiger partial charge in [0.1, 0.15) is 6.26 Å². The molecule has 3 saturated carbocycles. The molecule has 1 amide bonds. The van der Waals surface area contributed by atoms with Gasteiger partial charge >= 0.3 is 0 Å². The minimum absolute atomic E-state index is 0.141. The van der Waals surface area contributed by atoms with Gasteiger partial charge in [-0.15, -0.1) is 0 Å². The molecule has 3 aliphatic rings. The lowest BCUT2D eigenvalue weighted by Gasteiger charge is -2.62. The maximum atomic E-state index is 12.5. The molecule has 2 bridgehead atoms. The minimum Gasteiger partial charge on any atom is -0.446 e. The number of carbonyl (C=O) groups is 1. The Balaban J connectivity index is 1.61. The van der Waals surface area contributed by atoms with Gasteiger partial charge in [0.05, 0.1) is 6.04 Å². The lowest BCUT2D eigenvalue weighted by molar-refractivity contribution is -0.113. The van der Waals surface area contributed by atoms with E-state index in [0.717, 1.165) is 18.8 Å². The lowest BCUT2D eigenvalue weighted by atomic mass is 9.45. The van der Waals surface area contributed by atoms with Crippen molar-refractivity contribution in [2.45, 2.75) is 66.0 Å². The fourth-order valence-corrected chi connectivity index (χ4v) is 4.75. The number of hydrogen-bond acceptors (Lipinski definition) is 4. The highest BCUT2D eigenvalue weighted by atomic mass is 16.3. The molecule has 24 heavy (non-hydrogen) atoms. The second-order valence-electron chi connectivity index (χ2n) is 8.84. The van der Waals surface area contributed by atoms with Crippen LogP contribution >= 0.6 is 0 Å². The molecule has 3 N–H and O–H groups in total. The van der Waals surface area contributed by atoms with E-state index in [1.807, 2.05) is 0 Å². The third-order valence-corrected chi connectivity index (χ3v) is 6.47. The van der Waals surface area contributed by atoms with Gasteiger partial charge in [0.2, 0.25) is 5.89 Å². The topological polar surface area (TPSA) is 81.1 Å². The van der Waals surface area contributed by atoms with Gasteiger partial charge in [-0.1, -0.05) is 34.6 Å². The number of hydrogen-bond donors (Lipinski definition) is 2. The van der Waals surface area contributed by atoms with Crippen molar-refractivity contribution >= 4 is 5.91 Å². The fraction of sp³-hybridized carbons (Fsp3) is 0.789. The highest BCUT2D eigenvalue weighted by Crippen LogP contribution is 2.61. The van der Waals surface area contributed by atoms with Crippen molar-refractivity contribution in [1.82, 2.24) is 10.3 Å². The maximum absolute atomic E-state index is 12.5. The van der Waals surface area contributed by atoms with E-state index >= 15 is 0 Å². The predicted octanol–water partition coefficient (Wildman–Crippen LogP) is 3.52. The number of amides is 1. The van der Waals surface area contributed by atoms with Crippen molar-refractivity contribution in [2.24, 2.45) is 34.8 Å². The Bertz CT molecular complexity index is 608.